The third-order valence-corrected chi connectivity index (χ3v) is 8.09. The summed E-state index contributed by atoms with van der Waals surface area (Å²) in [5.41, 5.74) is 2.02. The van der Waals surface area contributed by atoms with Crippen molar-refractivity contribution in [3.05, 3.63) is 23.3 Å². The van der Waals surface area contributed by atoms with E-state index in [4.69, 9.17) is 4.74 Å². The summed E-state index contributed by atoms with van der Waals surface area (Å²) in [7, 11) is 0. The molecule has 2 fully saturated rings. The summed E-state index contributed by atoms with van der Waals surface area (Å²) in [6, 6.07) is 0. The Labute approximate surface area is 155 Å². The molecule has 4 heteroatoms. The standard InChI is InChI=1S/C22H30O4/c1-13(24)26-20-5-4-17-16-10-14(12-23)19-11-15(25)6-8-21(19,2)18(16)7-9-22(17,20)3/h10-11,16-18,20,23H,4-9,12H2,1-3H3. The first-order valence-electron chi connectivity index (χ1n) is 10.0. The molecule has 0 aliphatic heterocycles. The Balaban J connectivity index is 1.74. The molecule has 4 aliphatic rings. The molecule has 0 saturated heterocycles. The van der Waals surface area contributed by atoms with Crippen molar-refractivity contribution in [1.29, 1.82) is 0 Å². The van der Waals surface area contributed by atoms with Gasteiger partial charge in [0.05, 0.1) is 6.61 Å². The van der Waals surface area contributed by atoms with E-state index in [1.165, 1.54) is 6.92 Å². The SMILES string of the molecule is CC(=O)OC1CCC2C3C=C(CO)C4=CC(=O)CCC4(C)C3CCC12C. The van der Waals surface area contributed by atoms with Crippen LogP contribution in [0, 0.1) is 28.6 Å². The van der Waals surface area contributed by atoms with Gasteiger partial charge in [0.1, 0.15) is 6.10 Å². The number of fused-ring (bicyclic) bond motifs is 5. The van der Waals surface area contributed by atoms with Gasteiger partial charge in [0.25, 0.3) is 0 Å². The van der Waals surface area contributed by atoms with Crippen LogP contribution in [0.15, 0.2) is 23.3 Å². The maximum atomic E-state index is 12.0. The maximum absolute atomic E-state index is 12.0. The van der Waals surface area contributed by atoms with Gasteiger partial charge in [0.2, 0.25) is 0 Å². The summed E-state index contributed by atoms with van der Waals surface area (Å²) >= 11 is 0. The van der Waals surface area contributed by atoms with Gasteiger partial charge in [0.15, 0.2) is 5.78 Å². The smallest absolute Gasteiger partial charge is 0.302 e. The Morgan fingerprint density at radius 3 is 2.69 bits per heavy atom. The molecule has 0 aromatic carbocycles. The van der Waals surface area contributed by atoms with Crippen LogP contribution < -0.4 is 0 Å². The first kappa shape index (κ1) is 18.0. The van der Waals surface area contributed by atoms with Gasteiger partial charge < -0.3 is 9.84 Å². The molecule has 0 spiro atoms. The molecule has 142 valence electrons. The van der Waals surface area contributed by atoms with Crippen LogP contribution in [0.4, 0.5) is 0 Å². The largest absolute Gasteiger partial charge is 0.462 e. The predicted molar refractivity (Wildman–Crippen MR) is 98.2 cm³/mol. The van der Waals surface area contributed by atoms with Gasteiger partial charge in [-0.25, -0.2) is 0 Å². The first-order valence-corrected chi connectivity index (χ1v) is 10.0. The van der Waals surface area contributed by atoms with Crippen molar-refractivity contribution in [3.63, 3.8) is 0 Å². The molecule has 4 nitrogen and oxygen atoms in total. The zero-order valence-corrected chi connectivity index (χ0v) is 16.1. The minimum absolute atomic E-state index is 0.00523. The number of rotatable bonds is 2. The lowest BCUT2D eigenvalue weighted by Crippen LogP contribution is -2.51. The maximum Gasteiger partial charge on any atom is 0.302 e. The van der Waals surface area contributed by atoms with Crippen LogP contribution in [0.25, 0.3) is 0 Å². The van der Waals surface area contributed by atoms with E-state index in [0.29, 0.717) is 24.2 Å². The molecule has 0 amide bonds. The molecule has 0 radical (unpaired) electrons. The molecule has 0 bridgehead atoms. The highest BCUT2D eigenvalue weighted by molar-refractivity contribution is 5.92. The number of aliphatic hydroxyl groups excluding tert-OH is 1. The van der Waals surface area contributed by atoms with E-state index in [1.807, 2.05) is 0 Å². The van der Waals surface area contributed by atoms with Crippen LogP contribution in [0.3, 0.4) is 0 Å². The molecule has 6 atom stereocenters. The fourth-order valence-electron chi connectivity index (χ4n) is 6.74. The lowest BCUT2D eigenvalue weighted by atomic mass is 9.48. The van der Waals surface area contributed by atoms with E-state index in [9.17, 15) is 14.7 Å². The van der Waals surface area contributed by atoms with Crippen molar-refractivity contribution in [3.8, 4) is 0 Å². The van der Waals surface area contributed by atoms with E-state index >= 15 is 0 Å². The van der Waals surface area contributed by atoms with E-state index < -0.39 is 0 Å². The molecule has 6 unspecified atom stereocenters. The molecule has 4 rings (SSSR count). The topological polar surface area (TPSA) is 63.6 Å². The molecular formula is C22H30O4. The number of hydrogen-bond acceptors (Lipinski definition) is 4. The number of carbonyl (C=O) groups is 2. The Morgan fingerprint density at radius 2 is 2.00 bits per heavy atom. The predicted octanol–water partition coefficient (Wildman–Crippen LogP) is 3.59. The molecule has 4 aliphatic carbocycles. The van der Waals surface area contributed by atoms with Crippen LogP contribution in [0.5, 0.6) is 0 Å². The highest BCUT2D eigenvalue weighted by Gasteiger charge is 2.59. The summed E-state index contributed by atoms with van der Waals surface area (Å²) in [6.07, 6.45) is 9.72. The third kappa shape index (κ3) is 2.45. The molecule has 26 heavy (non-hydrogen) atoms. The summed E-state index contributed by atoms with van der Waals surface area (Å²) in [4.78, 5) is 23.6. The number of ether oxygens (including phenoxy) is 1. The third-order valence-electron chi connectivity index (χ3n) is 8.09. The van der Waals surface area contributed by atoms with Crippen molar-refractivity contribution in [2.24, 2.45) is 28.6 Å². The Kier molecular flexibility index (Phi) is 4.18. The minimum atomic E-state index is -0.183. The first-order chi connectivity index (χ1) is 12.3. The summed E-state index contributed by atoms with van der Waals surface area (Å²) in [5, 5.41) is 10.0. The quantitative estimate of drug-likeness (QED) is 0.766. The van der Waals surface area contributed by atoms with Gasteiger partial charge in [0, 0.05) is 18.8 Å². The fourth-order valence-corrected chi connectivity index (χ4v) is 6.74. The number of hydrogen-bond donors (Lipinski definition) is 1. The minimum Gasteiger partial charge on any atom is -0.462 e. The van der Waals surface area contributed by atoms with Crippen LogP contribution in [-0.2, 0) is 14.3 Å². The average molecular weight is 358 g/mol. The lowest BCUT2D eigenvalue weighted by molar-refractivity contribution is -0.155. The number of carbonyl (C=O) groups excluding carboxylic acids is 2. The zero-order chi connectivity index (χ0) is 18.7. The fraction of sp³-hybridized carbons (Fsp3) is 0.727. The Hall–Kier alpha value is -1.42. The second-order valence-corrected chi connectivity index (χ2v) is 9.30. The van der Waals surface area contributed by atoms with Crippen LogP contribution >= 0.6 is 0 Å². The van der Waals surface area contributed by atoms with Gasteiger partial charge in [-0.2, -0.15) is 0 Å². The second kappa shape index (κ2) is 6.05. The van der Waals surface area contributed by atoms with Gasteiger partial charge in [-0.3, -0.25) is 9.59 Å². The summed E-state index contributed by atoms with van der Waals surface area (Å²) in [5.74, 6) is 1.38. The van der Waals surface area contributed by atoms with Gasteiger partial charge in [-0.05, 0) is 72.5 Å². The molecule has 0 heterocycles. The number of aliphatic hydroxyl groups is 1. The molecule has 1 N–H and O–H groups in total. The number of esters is 1. The molecule has 0 aromatic rings. The van der Waals surface area contributed by atoms with Crippen LogP contribution in [0.1, 0.15) is 59.3 Å². The van der Waals surface area contributed by atoms with Gasteiger partial charge >= 0.3 is 5.97 Å². The molecular weight excluding hydrogens is 328 g/mol. The monoisotopic (exact) mass is 358 g/mol. The summed E-state index contributed by atoms with van der Waals surface area (Å²) in [6.45, 7) is 6.09. The highest BCUT2D eigenvalue weighted by Crippen LogP contribution is 2.65. The van der Waals surface area contributed by atoms with Crippen LogP contribution in [-0.4, -0.2) is 29.6 Å². The van der Waals surface area contributed by atoms with E-state index in [-0.39, 0.29) is 35.3 Å². The van der Waals surface area contributed by atoms with Crippen molar-refractivity contribution in [2.45, 2.75) is 65.4 Å². The zero-order valence-electron chi connectivity index (χ0n) is 16.1. The Bertz CT molecular complexity index is 705. The van der Waals surface area contributed by atoms with E-state index in [0.717, 1.165) is 43.3 Å². The van der Waals surface area contributed by atoms with Gasteiger partial charge in [-0.15, -0.1) is 0 Å². The van der Waals surface area contributed by atoms with Crippen molar-refractivity contribution >= 4 is 11.8 Å². The van der Waals surface area contributed by atoms with Crippen molar-refractivity contribution in [1.82, 2.24) is 0 Å². The number of allylic oxidation sites excluding steroid dienone is 2. The normalized spacial score (nSPS) is 44.4. The van der Waals surface area contributed by atoms with Crippen LogP contribution in [0.2, 0.25) is 0 Å². The van der Waals surface area contributed by atoms with E-state index in [2.05, 4.69) is 19.9 Å². The lowest BCUT2D eigenvalue weighted by Gasteiger charge is -2.56. The van der Waals surface area contributed by atoms with Gasteiger partial charge in [-0.1, -0.05) is 19.9 Å². The van der Waals surface area contributed by atoms with Crippen molar-refractivity contribution < 1.29 is 19.4 Å². The molecule has 2 saturated carbocycles. The molecule has 0 aromatic heterocycles. The highest BCUT2D eigenvalue weighted by atomic mass is 16.5. The average Bonchev–Trinajstić information content (AvgIpc) is 2.91. The van der Waals surface area contributed by atoms with Crippen molar-refractivity contribution in [2.75, 3.05) is 6.61 Å². The second-order valence-electron chi connectivity index (χ2n) is 9.30. The Morgan fingerprint density at radius 1 is 1.23 bits per heavy atom. The number of ketones is 1. The summed E-state index contributed by atoms with van der Waals surface area (Å²) < 4.78 is 5.70. The van der Waals surface area contributed by atoms with E-state index in [1.54, 1.807) is 6.08 Å².